The van der Waals surface area contributed by atoms with Crippen molar-refractivity contribution in [1.29, 1.82) is 0 Å². The van der Waals surface area contributed by atoms with E-state index in [9.17, 15) is 14.9 Å². The van der Waals surface area contributed by atoms with Crippen LogP contribution < -0.4 is 0 Å². The maximum absolute atomic E-state index is 10.7. The van der Waals surface area contributed by atoms with Gasteiger partial charge in [0.25, 0.3) is 5.69 Å². The largest absolute Gasteiger partial charge is 0.457 e. The number of benzene rings is 1. The number of non-ortho nitro benzene ring substituents is 1. The zero-order valence-corrected chi connectivity index (χ0v) is 8.67. The Morgan fingerprint density at radius 2 is 2.07 bits per heavy atom. The third kappa shape index (κ3) is 3.48. The molecule has 0 atom stereocenters. The fraction of sp³-hybridized carbons (Fsp3) is 0.111. The Kier molecular flexibility index (Phi) is 3.94. The Morgan fingerprint density at radius 3 is 2.53 bits per heavy atom. The maximum Gasteiger partial charge on any atom is 0.335 e. The van der Waals surface area contributed by atoms with Gasteiger partial charge >= 0.3 is 5.97 Å². The molecule has 0 aliphatic heterocycles. The van der Waals surface area contributed by atoms with Gasteiger partial charge in [-0.15, -0.1) is 8.86 Å². The number of carbonyl (C=O) groups is 1. The third-order valence-corrected chi connectivity index (χ3v) is 1.88. The van der Waals surface area contributed by atoms with Crippen LogP contribution in [0.25, 0.3) is 0 Å². The van der Waals surface area contributed by atoms with Gasteiger partial charge in [-0.25, -0.2) is 4.79 Å². The first-order valence-electron chi connectivity index (χ1n) is 4.04. The lowest BCUT2D eigenvalue weighted by atomic mass is 10.2. The first kappa shape index (κ1) is 11.3. The van der Waals surface area contributed by atoms with Gasteiger partial charge in [-0.2, -0.15) is 0 Å². The Hall–Kier alpha value is -1.74. The SMILES string of the molecule is O=C(C=P)OCc1ccc([N+](=O)[O-])cc1. The van der Waals surface area contributed by atoms with Crippen molar-refractivity contribution in [1.82, 2.24) is 0 Å². The summed E-state index contributed by atoms with van der Waals surface area (Å²) in [6.07, 6.45) is 0. The molecule has 0 aromatic heterocycles. The van der Waals surface area contributed by atoms with E-state index in [1.807, 2.05) is 0 Å². The van der Waals surface area contributed by atoms with Crippen LogP contribution in [0.15, 0.2) is 24.3 Å². The monoisotopic (exact) mass is 225 g/mol. The highest BCUT2D eigenvalue weighted by molar-refractivity contribution is 7.21. The summed E-state index contributed by atoms with van der Waals surface area (Å²) in [6, 6.07) is 5.80. The van der Waals surface area contributed by atoms with Crippen LogP contribution in [-0.4, -0.2) is 16.7 Å². The molecule has 0 bridgehead atoms. The van der Waals surface area contributed by atoms with Crippen molar-refractivity contribution < 1.29 is 14.5 Å². The summed E-state index contributed by atoms with van der Waals surface area (Å²) in [5.41, 5.74) is 0.708. The Bertz CT molecular complexity index is 388. The van der Waals surface area contributed by atoms with E-state index in [2.05, 4.69) is 8.86 Å². The molecule has 0 unspecified atom stereocenters. The van der Waals surface area contributed by atoms with Crippen LogP contribution in [0.4, 0.5) is 5.69 Å². The summed E-state index contributed by atoms with van der Waals surface area (Å²) in [5, 5.41) is 10.3. The van der Waals surface area contributed by atoms with Crippen LogP contribution in [0.5, 0.6) is 0 Å². The average Bonchev–Trinajstić information content (AvgIpc) is 2.26. The van der Waals surface area contributed by atoms with E-state index in [1.54, 1.807) is 12.1 Å². The number of rotatable bonds is 4. The van der Waals surface area contributed by atoms with Gasteiger partial charge in [-0.1, -0.05) is 0 Å². The summed E-state index contributed by atoms with van der Waals surface area (Å²) < 4.78 is 4.76. The molecule has 1 rings (SSSR count). The number of ether oxygens (including phenoxy) is 1. The summed E-state index contributed by atoms with van der Waals surface area (Å²) >= 11 is 0. The highest BCUT2D eigenvalue weighted by Gasteiger charge is 2.04. The molecule has 0 radical (unpaired) electrons. The molecule has 0 spiro atoms. The summed E-state index contributed by atoms with van der Waals surface area (Å²) in [6.45, 7) is 0.0950. The molecule has 78 valence electrons. The summed E-state index contributed by atoms with van der Waals surface area (Å²) in [7, 11) is 2.88. The normalized spacial score (nSPS) is 9.33. The number of hydrogen-bond donors (Lipinski definition) is 0. The van der Waals surface area contributed by atoms with Gasteiger partial charge in [-0.3, -0.25) is 10.1 Å². The standard InChI is InChI=1S/C9H8NO4P/c11-9(6-15)14-5-7-1-3-8(4-2-7)10(12)13/h1-4,6,15H,5H2. The number of nitro groups is 1. The number of nitrogens with zero attached hydrogens (tertiary/aromatic N) is 1. The molecule has 6 heteroatoms. The van der Waals surface area contributed by atoms with Gasteiger partial charge in [0.2, 0.25) is 0 Å². The molecular weight excluding hydrogens is 217 g/mol. The van der Waals surface area contributed by atoms with Crippen molar-refractivity contribution in [3.05, 3.63) is 39.9 Å². The minimum atomic E-state index is -0.495. The molecule has 0 amide bonds. The minimum absolute atomic E-state index is 0.0109. The smallest absolute Gasteiger partial charge is 0.335 e. The lowest BCUT2D eigenvalue weighted by Crippen LogP contribution is -2.03. The van der Waals surface area contributed by atoms with E-state index in [-0.39, 0.29) is 12.3 Å². The van der Waals surface area contributed by atoms with E-state index in [0.717, 1.165) is 5.80 Å². The van der Waals surface area contributed by atoms with Crippen molar-refractivity contribution in [2.24, 2.45) is 0 Å². The highest BCUT2D eigenvalue weighted by Crippen LogP contribution is 2.12. The third-order valence-electron chi connectivity index (χ3n) is 1.65. The summed E-state index contributed by atoms with van der Waals surface area (Å²) in [4.78, 5) is 20.6. The second-order valence-electron chi connectivity index (χ2n) is 2.68. The van der Waals surface area contributed by atoms with E-state index in [0.29, 0.717) is 5.56 Å². The molecule has 0 N–H and O–H groups in total. The van der Waals surface area contributed by atoms with Crippen LogP contribution >= 0.6 is 8.86 Å². The fourth-order valence-corrected chi connectivity index (χ4v) is 0.993. The quantitative estimate of drug-likeness (QED) is 0.337. The number of esters is 1. The van der Waals surface area contributed by atoms with E-state index < -0.39 is 10.9 Å². The zero-order chi connectivity index (χ0) is 11.3. The van der Waals surface area contributed by atoms with E-state index in [1.165, 1.54) is 12.1 Å². The van der Waals surface area contributed by atoms with Gasteiger partial charge in [0.1, 0.15) is 6.61 Å². The van der Waals surface area contributed by atoms with Crippen molar-refractivity contribution >= 4 is 26.3 Å². The van der Waals surface area contributed by atoms with Crippen molar-refractivity contribution in [2.75, 3.05) is 0 Å². The molecule has 1 aromatic carbocycles. The lowest BCUT2D eigenvalue weighted by Gasteiger charge is -2.01. The topological polar surface area (TPSA) is 69.4 Å². The Labute approximate surface area is 88.0 Å². The molecular formula is C9H8NO4P. The van der Waals surface area contributed by atoms with Crippen LogP contribution in [0, 0.1) is 10.1 Å². The molecule has 0 aliphatic rings. The summed E-state index contributed by atoms with van der Waals surface area (Å²) in [5.74, 6) is 0.621. The van der Waals surface area contributed by atoms with Gasteiger partial charge in [0.15, 0.2) is 0 Å². The second-order valence-corrected chi connectivity index (χ2v) is 2.96. The average molecular weight is 225 g/mol. The zero-order valence-electron chi connectivity index (χ0n) is 7.67. The van der Waals surface area contributed by atoms with Gasteiger partial charge in [0.05, 0.1) is 4.92 Å². The van der Waals surface area contributed by atoms with Crippen molar-refractivity contribution in [3.8, 4) is 0 Å². The Morgan fingerprint density at radius 1 is 1.47 bits per heavy atom. The molecule has 0 heterocycles. The minimum Gasteiger partial charge on any atom is -0.457 e. The second kappa shape index (κ2) is 5.22. The predicted octanol–water partition coefficient (Wildman–Crippen LogP) is 1.58. The van der Waals surface area contributed by atoms with Crippen LogP contribution in [0.1, 0.15) is 5.56 Å². The molecule has 0 saturated carbocycles. The number of carbonyl (C=O) groups excluding carboxylic acids is 1. The van der Waals surface area contributed by atoms with Crippen LogP contribution in [0.3, 0.4) is 0 Å². The van der Waals surface area contributed by atoms with Gasteiger partial charge < -0.3 is 4.74 Å². The van der Waals surface area contributed by atoms with Gasteiger partial charge in [-0.05, 0) is 17.7 Å². The molecule has 15 heavy (non-hydrogen) atoms. The molecule has 0 fully saturated rings. The van der Waals surface area contributed by atoms with E-state index in [4.69, 9.17) is 4.74 Å². The number of hydrogen-bond acceptors (Lipinski definition) is 4. The van der Waals surface area contributed by atoms with Gasteiger partial charge in [0, 0.05) is 17.9 Å². The molecule has 0 aliphatic carbocycles. The molecule has 1 aromatic rings. The molecule has 5 nitrogen and oxygen atoms in total. The van der Waals surface area contributed by atoms with Crippen LogP contribution in [-0.2, 0) is 16.1 Å². The Balaban J connectivity index is 2.60. The first-order chi connectivity index (χ1) is 7.13. The van der Waals surface area contributed by atoms with Crippen LogP contribution in [0.2, 0.25) is 0 Å². The van der Waals surface area contributed by atoms with E-state index >= 15 is 0 Å². The first-order valence-corrected chi connectivity index (χ1v) is 4.62. The maximum atomic E-state index is 10.7. The molecule has 0 saturated heterocycles. The van der Waals surface area contributed by atoms with Crippen molar-refractivity contribution in [3.63, 3.8) is 0 Å². The predicted molar refractivity (Wildman–Crippen MR) is 57.3 cm³/mol. The lowest BCUT2D eigenvalue weighted by molar-refractivity contribution is -0.384. The highest BCUT2D eigenvalue weighted by atomic mass is 31.0. The van der Waals surface area contributed by atoms with Crippen molar-refractivity contribution in [2.45, 2.75) is 6.61 Å². The fourth-order valence-electron chi connectivity index (χ4n) is 0.910. The number of nitro benzene ring substituents is 1.